The number of phenols is 1. The normalized spacial score (nSPS) is 22.6. The highest BCUT2D eigenvalue weighted by molar-refractivity contribution is 7.47. The number of aliphatic hydroxyl groups is 1. The number of aryl methyl sites for hydroxylation is 1. The third-order valence-electron chi connectivity index (χ3n) is 9.55. The largest absolute Gasteiger partial charge is 0.508 e. The molecule has 2 aliphatic heterocycles. The van der Waals surface area contributed by atoms with Gasteiger partial charge in [0.05, 0.1) is 24.9 Å². The van der Waals surface area contributed by atoms with E-state index in [1.165, 1.54) is 55.6 Å². The monoisotopic (exact) mass is 781 g/mol. The van der Waals surface area contributed by atoms with E-state index in [0.717, 1.165) is 4.57 Å². The number of hydrogen-bond donors (Lipinski definition) is 6. The first-order valence-electron chi connectivity index (χ1n) is 17.6. The number of fused-ring (bicyclic) bond motifs is 2. The number of ketones is 1. The minimum Gasteiger partial charge on any atom is -0.508 e. The molecule has 1 aromatic heterocycles. The van der Waals surface area contributed by atoms with Crippen molar-refractivity contribution in [2.75, 3.05) is 19.8 Å². The summed E-state index contributed by atoms with van der Waals surface area (Å²) in [6.45, 7) is 1.23. The number of nitrogens with zero attached hydrogens (tertiary/aromatic N) is 1. The van der Waals surface area contributed by atoms with E-state index in [1.54, 1.807) is 12.1 Å². The second-order valence-corrected chi connectivity index (χ2v) is 14.9. The van der Waals surface area contributed by atoms with Gasteiger partial charge in [0.25, 0.3) is 11.5 Å². The van der Waals surface area contributed by atoms with Crippen molar-refractivity contribution in [2.45, 2.75) is 63.4 Å². The molecule has 18 heteroatoms. The molecule has 6 N–H and O–H groups in total. The number of phenolic OH excluding ortho intramolecular Hbond substituents is 1. The molecule has 0 saturated carbocycles. The number of carbonyl (C=O) groups excluding carboxylic acids is 2. The average Bonchev–Trinajstić information content (AvgIpc) is 3.51. The Labute approximate surface area is 313 Å². The van der Waals surface area contributed by atoms with Gasteiger partial charge in [0.2, 0.25) is 0 Å². The summed E-state index contributed by atoms with van der Waals surface area (Å²) in [7, 11) is -4.49. The van der Waals surface area contributed by atoms with Crippen molar-refractivity contribution in [3.8, 4) is 11.5 Å². The number of ether oxygens (including phenoxy) is 2. The van der Waals surface area contributed by atoms with E-state index in [-0.39, 0.29) is 47.0 Å². The molecule has 0 bridgehead atoms. The summed E-state index contributed by atoms with van der Waals surface area (Å²) in [6, 6.07) is 8.79. The zero-order chi connectivity index (χ0) is 39.4. The van der Waals surface area contributed by atoms with Crippen LogP contribution >= 0.6 is 7.82 Å². The molecule has 6 rings (SSSR count). The highest BCUT2D eigenvalue weighted by atomic mass is 31.2. The molecule has 1 saturated heterocycles. The van der Waals surface area contributed by atoms with Crippen molar-refractivity contribution < 1.29 is 57.7 Å². The summed E-state index contributed by atoms with van der Waals surface area (Å²) in [6.07, 6.45) is 4.82. The van der Waals surface area contributed by atoms with Gasteiger partial charge < -0.3 is 35.0 Å². The number of unbranched alkanes of at least 4 members (excludes halogenated alkanes) is 3. The van der Waals surface area contributed by atoms with Gasteiger partial charge in [-0.25, -0.2) is 14.2 Å². The maximum Gasteiger partial charge on any atom is 0.472 e. The summed E-state index contributed by atoms with van der Waals surface area (Å²) < 4.78 is 35.2. The maximum atomic E-state index is 13.2. The van der Waals surface area contributed by atoms with E-state index in [9.17, 15) is 48.8 Å². The van der Waals surface area contributed by atoms with Gasteiger partial charge in [-0.15, -0.1) is 0 Å². The molecule has 292 valence electrons. The van der Waals surface area contributed by atoms with E-state index >= 15 is 0 Å². The number of rotatable bonds is 15. The first-order valence-corrected chi connectivity index (χ1v) is 19.1. The Bertz CT molecular complexity index is 2210. The zero-order valence-corrected chi connectivity index (χ0v) is 30.5. The van der Waals surface area contributed by atoms with Gasteiger partial charge >= 0.3 is 19.5 Å². The zero-order valence-electron chi connectivity index (χ0n) is 29.6. The molecule has 1 amide bonds. The topological polar surface area (TPSA) is 253 Å². The minimum absolute atomic E-state index is 0.00650. The van der Waals surface area contributed by atoms with Gasteiger partial charge in [0, 0.05) is 59.8 Å². The van der Waals surface area contributed by atoms with Crippen LogP contribution in [-0.2, 0) is 23.1 Å². The Morgan fingerprint density at radius 3 is 2.62 bits per heavy atom. The van der Waals surface area contributed by atoms with Gasteiger partial charge in [0.1, 0.15) is 29.6 Å². The Kier molecular flexibility index (Phi) is 12.0. The summed E-state index contributed by atoms with van der Waals surface area (Å²) in [5.41, 5.74) is 0.132. The minimum atomic E-state index is -4.49. The lowest BCUT2D eigenvalue weighted by molar-refractivity contribution is -0.110. The number of phosphoric acid groups is 1. The van der Waals surface area contributed by atoms with E-state index in [2.05, 4.69) is 10.3 Å². The number of hydrogen-bond acceptors (Lipinski definition) is 12. The Morgan fingerprint density at radius 2 is 1.84 bits per heavy atom. The van der Waals surface area contributed by atoms with E-state index in [1.807, 2.05) is 0 Å². The third kappa shape index (κ3) is 9.21. The van der Waals surface area contributed by atoms with Crippen LogP contribution in [0.4, 0.5) is 0 Å². The predicted octanol–water partition coefficient (Wildman–Crippen LogP) is 3.18. The number of H-pyrrole nitrogens is 1. The van der Waals surface area contributed by atoms with Crippen LogP contribution in [0, 0.1) is 12.8 Å². The molecule has 17 nitrogen and oxygen atoms in total. The average molecular weight is 782 g/mol. The quantitative estimate of drug-likeness (QED) is 0.0957. The van der Waals surface area contributed by atoms with Crippen LogP contribution in [0.1, 0.15) is 81.7 Å². The fourth-order valence-corrected chi connectivity index (χ4v) is 7.53. The molecule has 0 spiro atoms. The summed E-state index contributed by atoms with van der Waals surface area (Å²) in [4.78, 5) is 73.7. The number of allylic oxidation sites excluding steroid dienone is 3. The number of amides is 1. The lowest BCUT2D eigenvalue weighted by Crippen LogP contribution is -2.33. The van der Waals surface area contributed by atoms with E-state index < -0.39 is 67.8 Å². The smallest absolute Gasteiger partial charge is 0.472 e. The number of aromatic nitrogens is 2. The molecule has 3 unspecified atom stereocenters. The number of aliphatic hydroxyl groups excluding tert-OH is 1. The van der Waals surface area contributed by atoms with Crippen LogP contribution in [0.25, 0.3) is 0 Å². The molecular formula is C37H40N3O14P. The standard InChI is InChI=1S/C37H40N3O14P/c1-20-18-40(37(48)39-34(20)44)32-17-28(43)31(54-32)19-52-55(49,50)51-13-5-3-2-4-12-38-35(45)21-6-9-24(36(46)47)27(14-21)33-25-10-7-22(41)15-29(25)53-30-16-23(42)8-11-26(30)33/h6-11,14-16,18,25,28,31-33,42-43H,2-5,12-13,17,19H2,1H3,(H,38,45)(H,46,47)(H,49,50)(H,39,44,48)/t25?,28-,31-,32-,33?/m1/s1. The molecule has 1 fully saturated rings. The second-order valence-electron chi connectivity index (χ2n) is 13.4. The number of carboxylic acids is 1. The SMILES string of the molecule is Cc1cn([C@H]2C[C@@H](O)[C@@H](COP(=O)(O)OCCCCCCNC(=O)c3ccc(C(=O)O)c(C4c5ccc(O)cc5OC5=CC(=O)C=CC54)c3)O2)c(=O)[nH]c1=O. The third-order valence-corrected chi connectivity index (χ3v) is 10.5. The van der Waals surface area contributed by atoms with E-state index in [4.69, 9.17) is 18.5 Å². The van der Waals surface area contributed by atoms with Crippen LogP contribution < -0.4 is 21.3 Å². The fraction of sp³-hybridized carbons (Fsp3) is 0.378. The first-order chi connectivity index (χ1) is 26.2. The molecule has 55 heavy (non-hydrogen) atoms. The van der Waals surface area contributed by atoms with Crippen LogP contribution in [0.3, 0.4) is 0 Å². The number of nitrogens with one attached hydrogen (secondary N) is 2. The number of carbonyl (C=O) groups is 3. The van der Waals surface area contributed by atoms with Crippen LogP contribution in [0.2, 0.25) is 0 Å². The fourth-order valence-electron chi connectivity index (χ4n) is 6.76. The number of aromatic amines is 1. The van der Waals surface area contributed by atoms with Crippen molar-refractivity contribution in [3.05, 3.63) is 115 Å². The number of aromatic carboxylic acids is 1. The molecule has 0 radical (unpaired) electrons. The van der Waals surface area contributed by atoms with Crippen molar-refractivity contribution >= 4 is 25.5 Å². The van der Waals surface area contributed by atoms with Crippen LogP contribution in [0.15, 0.2) is 76.2 Å². The highest BCUT2D eigenvalue weighted by Gasteiger charge is 2.39. The molecule has 2 aromatic carbocycles. The summed E-state index contributed by atoms with van der Waals surface area (Å²) in [5, 5.41) is 33.3. The molecular weight excluding hydrogens is 741 g/mol. The highest BCUT2D eigenvalue weighted by Crippen LogP contribution is 2.49. The van der Waals surface area contributed by atoms with Crippen molar-refractivity contribution in [2.24, 2.45) is 5.92 Å². The van der Waals surface area contributed by atoms with Crippen molar-refractivity contribution in [1.29, 1.82) is 0 Å². The van der Waals surface area contributed by atoms with Crippen LogP contribution in [-0.4, -0.2) is 79.4 Å². The van der Waals surface area contributed by atoms with E-state index in [0.29, 0.717) is 49.1 Å². The first kappa shape index (κ1) is 39.5. The van der Waals surface area contributed by atoms with Gasteiger partial charge in [-0.1, -0.05) is 25.0 Å². The number of phosphoric ester groups is 1. The van der Waals surface area contributed by atoms with Gasteiger partial charge in [-0.3, -0.25) is 33.0 Å². The number of carboxylic acid groups (broad SMARTS) is 1. The summed E-state index contributed by atoms with van der Waals surface area (Å²) in [5.74, 6) is -2.58. The molecule has 6 atom stereocenters. The second kappa shape index (κ2) is 16.7. The maximum absolute atomic E-state index is 13.2. The predicted molar refractivity (Wildman–Crippen MR) is 193 cm³/mol. The number of benzene rings is 2. The molecule has 1 aliphatic carbocycles. The Hall–Kier alpha value is -5.16. The number of aromatic hydroxyl groups is 1. The Balaban J connectivity index is 0.960. The molecule has 3 aliphatic rings. The lowest BCUT2D eigenvalue weighted by atomic mass is 9.74. The van der Waals surface area contributed by atoms with Gasteiger partial charge in [-0.05, 0) is 55.7 Å². The van der Waals surface area contributed by atoms with Gasteiger partial charge in [0.15, 0.2) is 5.78 Å². The van der Waals surface area contributed by atoms with Gasteiger partial charge in [-0.2, -0.15) is 0 Å². The molecule has 3 aromatic rings. The Morgan fingerprint density at radius 1 is 1.05 bits per heavy atom. The van der Waals surface area contributed by atoms with Crippen molar-refractivity contribution in [3.63, 3.8) is 0 Å². The molecule has 3 heterocycles. The van der Waals surface area contributed by atoms with Crippen LogP contribution in [0.5, 0.6) is 11.5 Å². The lowest BCUT2D eigenvalue weighted by Gasteiger charge is -2.35. The summed E-state index contributed by atoms with van der Waals surface area (Å²) >= 11 is 0. The van der Waals surface area contributed by atoms with Crippen molar-refractivity contribution in [1.82, 2.24) is 14.9 Å².